The summed E-state index contributed by atoms with van der Waals surface area (Å²) in [6.45, 7) is 6.16. The standard InChI is InChI=1S/C32H34N3O2P/c1-3-23-22-35-19-17-24(23)20-31(35)32(28-16-18-33-30-15-14-25(37-2)21-29(28)30)34-38(36,26-10-6-4-7-11-26)27-12-8-5-9-13-27/h3-16,18,21,23-24,31-32H,1,17,19-20,22H2,2H3,(H,34,36)/t23-,24-,31+,32+/m0/s1. The second-order valence-corrected chi connectivity index (χ2v) is 12.9. The highest BCUT2D eigenvalue weighted by atomic mass is 31.2. The molecule has 3 fully saturated rings. The minimum absolute atomic E-state index is 0.174. The quantitative estimate of drug-likeness (QED) is 0.237. The summed E-state index contributed by atoms with van der Waals surface area (Å²) in [7, 11) is -1.51. The van der Waals surface area contributed by atoms with Gasteiger partial charge < -0.3 is 4.74 Å². The molecule has 4 heterocycles. The molecule has 5 atom stereocenters. The van der Waals surface area contributed by atoms with E-state index in [1.165, 1.54) is 6.42 Å². The maximum absolute atomic E-state index is 15.2. The second kappa shape index (κ2) is 10.5. The fraction of sp³-hybridized carbons (Fsp3) is 0.281. The Labute approximate surface area is 225 Å². The molecule has 1 unspecified atom stereocenters. The van der Waals surface area contributed by atoms with Crippen LogP contribution in [0.1, 0.15) is 24.4 Å². The summed E-state index contributed by atoms with van der Waals surface area (Å²) in [4.78, 5) is 7.23. The van der Waals surface area contributed by atoms with E-state index < -0.39 is 7.29 Å². The van der Waals surface area contributed by atoms with E-state index in [-0.39, 0.29) is 12.1 Å². The molecule has 0 radical (unpaired) electrons. The molecule has 194 valence electrons. The molecule has 3 aliphatic rings. The molecule has 1 N–H and O–H groups in total. The third-order valence-electron chi connectivity index (χ3n) is 8.42. The Kier molecular flexibility index (Phi) is 6.92. The van der Waals surface area contributed by atoms with Gasteiger partial charge in [-0.3, -0.25) is 19.5 Å². The van der Waals surface area contributed by atoms with Crippen LogP contribution >= 0.6 is 7.29 Å². The summed E-state index contributed by atoms with van der Waals surface area (Å²) < 4.78 is 20.8. The normalized spacial score (nSPS) is 23.7. The monoisotopic (exact) mass is 523 g/mol. The van der Waals surface area contributed by atoms with E-state index in [1.807, 2.05) is 79.0 Å². The zero-order chi connectivity index (χ0) is 26.1. The fourth-order valence-electron chi connectivity index (χ4n) is 6.40. The minimum atomic E-state index is -3.20. The zero-order valence-electron chi connectivity index (χ0n) is 21.7. The highest BCUT2D eigenvalue weighted by Crippen LogP contribution is 2.48. The average molecular weight is 524 g/mol. The summed E-state index contributed by atoms with van der Waals surface area (Å²) >= 11 is 0. The van der Waals surface area contributed by atoms with Crippen LogP contribution in [0.3, 0.4) is 0 Å². The molecule has 38 heavy (non-hydrogen) atoms. The van der Waals surface area contributed by atoms with Gasteiger partial charge in [0.25, 0.3) is 0 Å². The highest BCUT2D eigenvalue weighted by Gasteiger charge is 2.45. The lowest BCUT2D eigenvalue weighted by atomic mass is 9.73. The van der Waals surface area contributed by atoms with Gasteiger partial charge in [0.2, 0.25) is 7.29 Å². The summed E-state index contributed by atoms with van der Waals surface area (Å²) in [5.41, 5.74) is 2.01. The number of nitrogens with one attached hydrogen (secondary N) is 1. The number of piperidine rings is 3. The molecule has 3 saturated heterocycles. The summed E-state index contributed by atoms with van der Waals surface area (Å²) in [6, 6.07) is 27.9. The lowest BCUT2D eigenvalue weighted by Crippen LogP contribution is -2.57. The Hall–Kier alpha value is -3.24. The molecule has 3 aromatic carbocycles. The first kappa shape index (κ1) is 25.1. The van der Waals surface area contributed by atoms with Crippen LogP contribution in [0.15, 0.2) is 104 Å². The van der Waals surface area contributed by atoms with E-state index in [1.54, 1.807) is 7.11 Å². The second-order valence-electron chi connectivity index (χ2n) is 10.4. The lowest BCUT2D eigenvalue weighted by molar-refractivity contribution is 0.00490. The Morgan fingerprint density at radius 1 is 1.05 bits per heavy atom. The molecule has 3 aliphatic heterocycles. The smallest absolute Gasteiger partial charge is 0.205 e. The first-order chi connectivity index (χ1) is 18.6. The molecule has 2 bridgehead atoms. The molecular formula is C32H34N3O2P. The van der Waals surface area contributed by atoms with Crippen LogP contribution in [-0.2, 0) is 4.57 Å². The lowest BCUT2D eigenvalue weighted by Gasteiger charge is -2.52. The van der Waals surface area contributed by atoms with Crippen LogP contribution in [-0.4, -0.2) is 36.1 Å². The maximum Gasteiger partial charge on any atom is 0.205 e. The molecule has 4 aromatic rings. The average Bonchev–Trinajstić information content (AvgIpc) is 3.00. The van der Waals surface area contributed by atoms with Crippen molar-refractivity contribution in [2.24, 2.45) is 11.8 Å². The Morgan fingerprint density at radius 3 is 2.37 bits per heavy atom. The van der Waals surface area contributed by atoms with Gasteiger partial charge >= 0.3 is 0 Å². The van der Waals surface area contributed by atoms with Crippen LogP contribution in [0, 0.1) is 11.8 Å². The van der Waals surface area contributed by atoms with Crippen molar-refractivity contribution in [3.8, 4) is 5.75 Å². The number of benzene rings is 3. The first-order valence-corrected chi connectivity index (χ1v) is 15.1. The number of nitrogens with zero attached hydrogens (tertiary/aromatic N) is 2. The molecule has 5 nitrogen and oxygen atoms in total. The number of methoxy groups -OCH3 is 1. The topological polar surface area (TPSA) is 54.5 Å². The van der Waals surface area contributed by atoms with E-state index in [0.717, 1.165) is 52.3 Å². The number of pyridine rings is 1. The number of hydrogen-bond donors (Lipinski definition) is 1. The van der Waals surface area contributed by atoms with Crippen molar-refractivity contribution in [3.63, 3.8) is 0 Å². The van der Waals surface area contributed by atoms with Crippen molar-refractivity contribution < 1.29 is 9.30 Å². The van der Waals surface area contributed by atoms with Gasteiger partial charge in [-0.1, -0.05) is 42.5 Å². The Morgan fingerprint density at radius 2 is 1.76 bits per heavy atom. The zero-order valence-corrected chi connectivity index (χ0v) is 22.6. The van der Waals surface area contributed by atoms with Gasteiger partial charge in [0.15, 0.2) is 0 Å². The van der Waals surface area contributed by atoms with Crippen molar-refractivity contribution in [2.45, 2.75) is 24.9 Å². The van der Waals surface area contributed by atoms with Gasteiger partial charge in [-0.05, 0) is 85.3 Å². The third-order valence-corrected chi connectivity index (χ3v) is 11.1. The van der Waals surface area contributed by atoms with Gasteiger partial charge in [-0.2, -0.15) is 0 Å². The van der Waals surface area contributed by atoms with E-state index in [9.17, 15) is 0 Å². The molecule has 0 aliphatic carbocycles. The van der Waals surface area contributed by atoms with E-state index >= 15 is 4.57 Å². The summed E-state index contributed by atoms with van der Waals surface area (Å²) in [5, 5.41) is 6.47. The van der Waals surface area contributed by atoms with Gasteiger partial charge in [0, 0.05) is 34.8 Å². The number of aromatic nitrogens is 1. The Bertz CT molecular complexity index is 1430. The molecule has 0 amide bonds. The largest absolute Gasteiger partial charge is 0.497 e. The SMILES string of the molecule is C=C[C@H]1CN2CC[C@H]1C[C@@H]2[C@H](NP(=O)(c1ccccc1)c1ccccc1)c1ccnc2ccc(OC)cc12. The molecule has 0 spiro atoms. The molecule has 0 saturated carbocycles. The highest BCUT2D eigenvalue weighted by molar-refractivity contribution is 7.76. The minimum Gasteiger partial charge on any atom is -0.497 e. The maximum atomic E-state index is 15.2. The van der Waals surface area contributed by atoms with Gasteiger partial charge in [-0.25, -0.2) is 0 Å². The first-order valence-electron chi connectivity index (χ1n) is 13.4. The van der Waals surface area contributed by atoms with Crippen LogP contribution in [0.25, 0.3) is 10.9 Å². The van der Waals surface area contributed by atoms with E-state index in [4.69, 9.17) is 4.74 Å². The van der Waals surface area contributed by atoms with Crippen LogP contribution in [0.5, 0.6) is 5.75 Å². The number of ether oxygens (including phenoxy) is 1. The van der Waals surface area contributed by atoms with Gasteiger partial charge in [-0.15, -0.1) is 6.58 Å². The van der Waals surface area contributed by atoms with Crippen LogP contribution < -0.4 is 20.4 Å². The van der Waals surface area contributed by atoms with Crippen molar-refractivity contribution in [2.75, 3.05) is 20.2 Å². The van der Waals surface area contributed by atoms with Gasteiger partial charge in [0.05, 0.1) is 18.7 Å². The van der Waals surface area contributed by atoms with Crippen LogP contribution in [0.2, 0.25) is 0 Å². The number of fused-ring (bicyclic) bond motifs is 4. The predicted octanol–water partition coefficient (Wildman–Crippen LogP) is 5.70. The van der Waals surface area contributed by atoms with Gasteiger partial charge in [0.1, 0.15) is 5.75 Å². The van der Waals surface area contributed by atoms with Crippen molar-refractivity contribution in [1.82, 2.24) is 15.0 Å². The third kappa shape index (κ3) is 4.49. The van der Waals surface area contributed by atoms with Crippen molar-refractivity contribution in [3.05, 3.63) is 109 Å². The number of hydrogen-bond acceptors (Lipinski definition) is 4. The summed E-state index contributed by atoms with van der Waals surface area (Å²) in [5.74, 6) is 1.88. The molecule has 6 heteroatoms. The Balaban J connectivity index is 1.52. The predicted molar refractivity (Wildman–Crippen MR) is 156 cm³/mol. The van der Waals surface area contributed by atoms with Crippen LogP contribution in [0.4, 0.5) is 0 Å². The molecule has 1 aromatic heterocycles. The summed E-state index contributed by atoms with van der Waals surface area (Å²) in [6.07, 6.45) is 6.21. The van der Waals surface area contributed by atoms with E-state index in [0.29, 0.717) is 11.8 Å². The van der Waals surface area contributed by atoms with Crippen molar-refractivity contribution >= 4 is 28.8 Å². The van der Waals surface area contributed by atoms with E-state index in [2.05, 4.69) is 39.8 Å². The number of rotatable bonds is 8. The van der Waals surface area contributed by atoms with Crippen molar-refractivity contribution in [1.29, 1.82) is 0 Å². The fourth-order valence-corrected chi connectivity index (χ4v) is 8.88. The molecular weight excluding hydrogens is 489 g/mol. The molecule has 7 rings (SSSR count).